The van der Waals surface area contributed by atoms with Gasteiger partial charge in [-0.1, -0.05) is 12.1 Å². The third kappa shape index (κ3) is 2.14. The molecule has 1 aromatic heterocycles. The Kier molecular flexibility index (Phi) is 3.05. The van der Waals surface area contributed by atoms with Gasteiger partial charge in [0.1, 0.15) is 5.75 Å². The molecule has 1 aromatic carbocycles. The highest BCUT2D eigenvalue weighted by molar-refractivity contribution is 5.64. The van der Waals surface area contributed by atoms with Crippen molar-refractivity contribution in [1.29, 1.82) is 0 Å². The predicted molar refractivity (Wildman–Crippen MR) is 62.8 cm³/mol. The van der Waals surface area contributed by atoms with Crippen molar-refractivity contribution in [2.45, 2.75) is 0 Å². The van der Waals surface area contributed by atoms with Crippen LogP contribution in [0.15, 0.2) is 42.6 Å². The van der Waals surface area contributed by atoms with Gasteiger partial charge in [-0.05, 0) is 23.8 Å². The van der Waals surface area contributed by atoms with Crippen LogP contribution in [0.1, 0.15) is 0 Å². The lowest BCUT2D eigenvalue weighted by Crippen LogP contribution is -1.88. The maximum Gasteiger partial charge on any atom is 0.212 e. The van der Waals surface area contributed by atoms with Crippen LogP contribution in [0, 0.1) is 0 Å². The Labute approximate surface area is 94.7 Å². The second kappa shape index (κ2) is 4.66. The first-order valence-electron chi connectivity index (χ1n) is 4.98. The van der Waals surface area contributed by atoms with Gasteiger partial charge in [-0.3, -0.25) is 0 Å². The van der Waals surface area contributed by atoms with E-state index in [-0.39, 0.29) is 0 Å². The molecule has 3 heteroatoms. The van der Waals surface area contributed by atoms with E-state index in [9.17, 15) is 0 Å². The number of nitrogens with zero attached hydrogens (tertiary/aromatic N) is 1. The molecule has 0 atom stereocenters. The van der Waals surface area contributed by atoms with Crippen molar-refractivity contribution in [2.24, 2.45) is 0 Å². The third-order valence-corrected chi connectivity index (χ3v) is 2.35. The molecule has 0 N–H and O–H groups in total. The average Bonchev–Trinajstić information content (AvgIpc) is 2.39. The molecule has 3 nitrogen and oxygen atoms in total. The maximum absolute atomic E-state index is 5.18. The minimum atomic E-state index is 0.617. The van der Waals surface area contributed by atoms with Crippen LogP contribution >= 0.6 is 0 Å². The van der Waals surface area contributed by atoms with Gasteiger partial charge in [-0.15, -0.1) is 0 Å². The van der Waals surface area contributed by atoms with Crippen molar-refractivity contribution in [3.05, 3.63) is 42.6 Å². The molecule has 1 heterocycles. The zero-order valence-electron chi connectivity index (χ0n) is 9.31. The molecule has 82 valence electrons. The maximum atomic E-state index is 5.18. The highest BCUT2D eigenvalue weighted by atomic mass is 16.5. The van der Waals surface area contributed by atoms with Gasteiger partial charge in [0.15, 0.2) is 0 Å². The molecule has 0 aliphatic carbocycles. The second-order valence-corrected chi connectivity index (χ2v) is 3.32. The van der Waals surface area contributed by atoms with Crippen LogP contribution in [0.25, 0.3) is 11.1 Å². The van der Waals surface area contributed by atoms with Gasteiger partial charge in [-0.25, -0.2) is 4.98 Å². The quantitative estimate of drug-likeness (QED) is 0.788. The summed E-state index contributed by atoms with van der Waals surface area (Å²) in [4.78, 5) is 4.17. The van der Waals surface area contributed by atoms with Gasteiger partial charge in [-0.2, -0.15) is 0 Å². The predicted octanol–water partition coefficient (Wildman–Crippen LogP) is 2.77. The summed E-state index contributed by atoms with van der Waals surface area (Å²) in [6.45, 7) is 0. The fourth-order valence-electron chi connectivity index (χ4n) is 1.47. The van der Waals surface area contributed by atoms with Crippen molar-refractivity contribution in [2.75, 3.05) is 14.2 Å². The largest absolute Gasteiger partial charge is 0.497 e. The van der Waals surface area contributed by atoms with E-state index in [4.69, 9.17) is 9.47 Å². The number of aromatic nitrogens is 1. The van der Waals surface area contributed by atoms with Crippen molar-refractivity contribution in [3.63, 3.8) is 0 Å². The lowest BCUT2D eigenvalue weighted by molar-refractivity contribution is 0.398. The first-order chi connectivity index (χ1) is 7.83. The Morgan fingerprint density at radius 1 is 0.938 bits per heavy atom. The molecular weight excluding hydrogens is 202 g/mol. The van der Waals surface area contributed by atoms with Crippen molar-refractivity contribution in [1.82, 2.24) is 4.98 Å². The minimum Gasteiger partial charge on any atom is -0.497 e. The van der Waals surface area contributed by atoms with E-state index in [1.165, 1.54) is 0 Å². The van der Waals surface area contributed by atoms with Crippen molar-refractivity contribution < 1.29 is 9.47 Å². The van der Waals surface area contributed by atoms with E-state index in [0.717, 1.165) is 16.9 Å². The topological polar surface area (TPSA) is 31.4 Å². The van der Waals surface area contributed by atoms with Gasteiger partial charge < -0.3 is 9.47 Å². The van der Waals surface area contributed by atoms with Gasteiger partial charge in [0.05, 0.1) is 14.2 Å². The van der Waals surface area contributed by atoms with Crippen LogP contribution in [0.3, 0.4) is 0 Å². The number of rotatable bonds is 3. The van der Waals surface area contributed by atoms with Crippen LogP contribution in [0.4, 0.5) is 0 Å². The van der Waals surface area contributed by atoms with Crippen LogP contribution in [0.2, 0.25) is 0 Å². The summed E-state index contributed by atoms with van der Waals surface area (Å²) in [5, 5.41) is 0. The smallest absolute Gasteiger partial charge is 0.212 e. The molecule has 0 spiro atoms. The first-order valence-corrected chi connectivity index (χ1v) is 4.98. The summed E-state index contributed by atoms with van der Waals surface area (Å²) in [5.41, 5.74) is 2.12. The Bertz CT molecular complexity index is 466. The highest BCUT2D eigenvalue weighted by Gasteiger charge is 2.00. The van der Waals surface area contributed by atoms with Crippen molar-refractivity contribution >= 4 is 0 Å². The monoisotopic (exact) mass is 215 g/mol. The molecule has 0 aliphatic rings. The highest BCUT2D eigenvalue weighted by Crippen LogP contribution is 2.23. The summed E-state index contributed by atoms with van der Waals surface area (Å²) in [7, 11) is 3.26. The van der Waals surface area contributed by atoms with E-state index < -0.39 is 0 Å². The Balaban J connectivity index is 2.34. The SMILES string of the molecule is COc1cccc(-c2ccc(OC)nc2)c1. The number of hydrogen-bond donors (Lipinski definition) is 0. The lowest BCUT2D eigenvalue weighted by atomic mass is 10.1. The van der Waals surface area contributed by atoms with Gasteiger partial charge >= 0.3 is 0 Å². The summed E-state index contributed by atoms with van der Waals surface area (Å²) in [6.07, 6.45) is 1.79. The lowest BCUT2D eigenvalue weighted by Gasteiger charge is -2.05. The van der Waals surface area contributed by atoms with Crippen LogP contribution < -0.4 is 9.47 Å². The molecule has 0 fully saturated rings. The van der Waals surface area contributed by atoms with E-state index in [1.54, 1.807) is 20.4 Å². The van der Waals surface area contributed by atoms with E-state index in [0.29, 0.717) is 5.88 Å². The number of ether oxygens (including phenoxy) is 2. The molecule has 0 saturated carbocycles. The fourth-order valence-corrected chi connectivity index (χ4v) is 1.47. The molecule has 16 heavy (non-hydrogen) atoms. The molecule has 0 amide bonds. The minimum absolute atomic E-state index is 0.617. The van der Waals surface area contributed by atoms with E-state index >= 15 is 0 Å². The van der Waals surface area contributed by atoms with Crippen molar-refractivity contribution in [3.8, 4) is 22.8 Å². The summed E-state index contributed by atoms with van der Waals surface area (Å²) in [6, 6.07) is 11.7. The molecule has 0 radical (unpaired) electrons. The number of methoxy groups -OCH3 is 2. The van der Waals surface area contributed by atoms with E-state index in [2.05, 4.69) is 4.98 Å². The zero-order chi connectivity index (χ0) is 11.4. The normalized spacial score (nSPS) is 9.88. The van der Waals surface area contributed by atoms with Gasteiger partial charge in [0.2, 0.25) is 5.88 Å². The summed E-state index contributed by atoms with van der Waals surface area (Å²) in [5.74, 6) is 1.46. The van der Waals surface area contributed by atoms with Gasteiger partial charge in [0.25, 0.3) is 0 Å². The number of benzene rings is 1. The van der Waals surface area contributed by atoms with Crippen LogP contribution in [-0.2, 0) is 0 Å². The molecule has 2 aromatic rings. The third-order valence-electron chi connectivity index (χ3n) is 2.35. The molecule has 0 saturated heterocycles. The van der Waals surface area contributed by atoms with Gasteiger partial charge in [0, 0.05) is 17.8 Å². The molecule has 0 aliphatic heterocycles. The Hall–Kier alpha value is -2.03. The molecule has 0 unspecified atom stereocenters. The van der Waals surface area contributed by atoms with Crippen LogP contribution in [-0.4, -0.2) is 19.2 Å². The Morgan fingerprint density at radius 2 is 1.81 bits per heavy atom. The second-order valence-electron chi connectivity index (χ2n) is 3.32. The van der Waals surface area contributed by atoms with E-state index in [1.807, 2.05) is 36.4 Å². The molecular formula is C13H13NO2. The standard InChI is InChI=1S/C13H13NO2/c1-15-12-5-3-4-10(8-12)11-6-7-13(16-2)14-9-11/h3-9H,1-2H3. The number of pyridine rings is 1. The Morgan fingerprint density at radius 3 is 2.44 bits per heavy atom. The van der Waals surface area contributed by atoms with Crippen LogP contribution in [0.5, 0.6) is 11.6 Å². The molecule has 2 rings (SSSR count). The zero-order valence-corrected chi connectivity index (χ0v) is 9.31. The fraction of sp³-hybridized carbons (Fsp3) is 0.154. The summed E-state index contributed by atoms with van der Waals surface area (Å²) >= 11 is 0. The molecule has 0 bridgehead atoms. The number of hydrogen-bond acceptors (Lipinski definition) is 3. The summed E-state index contributed by atoms with van der Waals surface area (Å²) < 4.78 is 10.2. The first kappa shape index (κ1) is 10.5. The average molecular weight is 215 g/mol.